The van der Waals surface area contributed by atoms with Gasteiger partial charge >= 0.3 is 0 Å². The highest BCUT2D eigenvalue weighted by Crippen LogP contribution is 2.23. The Morgan fingerprint density at radius 3 is 2.55 bits per heavy atom. The number of rotatable bonds is 3. The fourth-order valence-corrected chi connectivity index (χ4v) is 2.83. The molecule has 0 aliphatic heterocycles. The first-order valence-electron chi connectivity index (χ1n) is 7.61. The van der Waals surface area contributed by atoms with Crippen LogP contribution in [0.15, 0.2) is 15.5 Å². The minimum Gasteiger partial charge on any atom is -0.466 e. The second-order valence-corrected chi connectivity index (χ2v) is 5.97. The van der Waals surface area contributed by atoms with E-state index in [1.807, 2.05) is 20.9 Å². The molecule has 1 saturated carbocycles. The fourth-order valence-electron chi connectivity index (χ4n) is 2.83. The zero-order chi connectivity index (χ0) is 14.5. The normalized spacial score (nSPS) is 23.7. The summed E-state index contributed by atoms with van der Waals surface area (Å²) < 4.78 is 5.54. The summed E-state index contributed by atoms with van der Waals surface area (Å²) in [6.07, 6.45) is 5.11. The molecule has 1 aliphatic rings. The molecule has 0 saturated heterocycles. The van der Waals surface area contributed by atoms with Gasteiger partial charge < -0.3 is 15.1 Å². The summed E-state index contributed by atoms with van der Waals surface area (Å²) in [5, 5.41) is 6.91. The second kappa shape index (κ2) is 6.82. The van der Waals surface area contributed by atoms with Crippen molar-refractivity contribution < 1.29 is 4.42 Å². The SMILES string of the molecule is CN=C(NCc1cc(C)oc1C)NC1CCC(C)CC1. The molecule has 112 valence electrons. The van der Waals surface area contributed by atoms with Crippen LogP contribution in [0.3, 0.4) is 0 Å². The molecule has 1 heterocycles. The van der Waals surface area contributed by atoms with Crippen LogP contribution in [0.1, 0.15) is 49.7 Å². The van der Waals surface area contributed by atoms with Crippen LogP contribution in [0.25, 0.3) is 0 Å². The van der Waals surface area contributed by atoms with E-state index >= 15 is 0 Å². The molecule has 0 unspecified atom stereocenters. The number of furan rings is 1. The van der Waals surface area contributed by atoms with E-state index in [2.05, 4.69) is 28.6 Å². The van der Waals surface area contributed by atoms with Crippen LogP contribution in [0, 0.1) is 19.8 Å². The number of aryl methyl sites for hydroxylation is 2. The summed E-state index contributed by atoms with van der Waals surface area (Å²) in [6, 6.07) is 2.64. The highest BCUT2D eigenvalue weighted by Gasteiger charge is 2.18. The van der Waals surface area contributed by atoms with Gasteiger partial charge in [-0.15, -0.1) is 0 Å². The molecular formula is C16H27N3O. The summed E-state index contributed by atoms with van der Waals surface area (Å²) in [7, 11) is 1.83. The van der Waals surface area contributed by atoms with E-state index in [-0.39, 0.29) is 0 Å². The minimum atomic E-state index is 0.560. The Hall–Kier alpha value is -1.45. The van der Waals surface area contributed by atoms with Crippen LogP contribution in [-0.2, 0) is 6.54 Å². The smallest absolute Gasteiger partial charge is 0.191 e. The molecular weight excluding hydrogens is 250 g/mol. The molecule has 2 rings (SSSR count). The van der Waals surface area contributed by atoms with Gasteiger partial charge in [-0.05, 0) is 51.5 Å². The molecule has 20 heavy (non-hydrogen) atoms. The largest absolute Gasteiger partial charge is 0.466 e. The predicted molar refractivity (Wildman–Crippen MR) is 82.9 cm³/mol. The Balaban J connectivity index is 1.82. The van der Waals surface area contributed by atoms with Crippen molar-refractivity contribution in [3.63, 3.8) is 0 Å². The molecule has 0 bridgehead atoms. The van der Waals surface area contributed by atoms with Gasteiger partial charge in [0.05, 0.1) is 0 Å². The summed E-state index contributed by atoms with van der Waals surface area (Å²) in [4.78, 5) is 4.32. The van der Waals surface area contributed by atoms with E-state index in [0.717, 1.165) is 29.9 Å². The Bertz CT molecular complexity index is 456. The van der Waals surface area contributed by atoms with Gasteiger partial charge in [0.15, 0.2) is 5.96 Å². The van der Waals surface area contributed by atoms with Crippen molar-refractivity contribution in [2.45, 2.75) is 59.0 Å². The number of guanidine groups is 1. The number of nitrogens with one attached hydrogen (secondary N) is 2. The van der Waals surface area contributed by atoms with Gasteiger partial charge in [0.1, 0.15) is 11.5 Å². The molecule has 0 spiro atoms. The second-order valence-electron chi connectivity index (χ2n) is 5.97. The van der Waals surface area contributed by atoms with Gasteiger partial charge in [0.2, 0.25) is 0 Å². The third-order valence-electron chi connectivity index (χ3n) is 4.17. The van der Waals surface area contributed by atoms with Crippen LogP contribution >= 0.6 is 0 Å². The Kier molecular flexibility index (Phi) is 5.10. The summed E-state index contributed by atoms with van der Waals surface area (Å²) in [5.74, 6) is 3.71. The lowest BCUT2D eigenvalue weighted by Crippen LogP contribution is -2.44. The Labute approximate surface area is 122 Å². The van der Waals surface area contributed by atoms with E-state index in [0.29, 0.717) is 6.04 Å². The number of aliphatic imine (C=N–C) groups is 1. The maximum absolute atomic E-state index is 5.54. The minimum absolute atomic E-state index is 0.560. The molecule has 0 amide bonds. The van der Waals surface area contributed by atoms with Crippen LogP contribution < -0.4 is 10.6 Å². The molecule has 0 radical (unpaired) electrons. The summed E-state index contributed by atoms with van der Waals surface area (Å²) in [5.41, 5.74) is 1.20. The molecule has 0 atom stereocenters. The van der Waals surface area contributed by atoms with Crippen LogP contribution in [-0.4, -0.2) is 19.0 Å². The standard InChI is InChI=1S/C16H27N3O/c1-11-5-7-15(8-6-11)19-16(17-4)18-10-14-9-12(2)20-13(14)3/h9,11,15H,5-8,10H2,1-4H3,(H2,17,18,19). The van der Waals surface area contributed by atoms with Crippen molar-refractivity contribution in [3.8, 4) is 0 Å². The predicted octanol–water partition coefficient (Wildman–Crippen LogP) is 3.14. The molecule has 1 aromatic heterocycles. The first kappa shape index (κ1) is 14.9. The first-order valence-corrected chi connectivity index (χ1v) is 7.61. The van der Waals surface area contributed by atoms with Gasteiger partial charge in [-0.2, -0.15) is 0 Å². The Morgan fingerprint density at radius 2 is 2.00 bits per heavy atom. The van der Waals surface area contributed by atoms with E-state index in [9.17, 15) is 0 Å². The van der Waals surface area contributed by atoms with Crippen molar-refractivity contribution in [2.24, 2.45) is 10.9 Å². The quantitative estimate of drug-likeness (QED) is 0.659. The van der Waals surface area contributed by atoms with Crippen LogP contribution in [0.5, 0.6) is 0 Å². The highest BCUT2D eigenvalue weighted by molar-refractivity contribution is 5.79. The topological polar surface area (TPSA) is 49.6 Å². The molecule has 1 fully saturated rings. The average Bonchev–Trinajstić information content (AvgIpc) is 2.75. The molecule has 4 heteroatoms. The lowest BCUT2D eigenvalue weighted by Gasteiger charge is -2.28. The van der Waals surface area contributed by atoms with Gasteiger partial charge in [0.25, 0.3) is 0 Å². The Morgan fingerprint density at radius 1 is 1.30 bits per heavy atom. The fraction of sp³-hybridized carbons (Fsp3) is 0.688. The van der Waals surface area contributed by atoms with E-state index in [4.69, 9.17) is 4.42 Å². The van der Waals surface area contributed by atoms with Crippen molar-refractivity contribution >= 4 is 5.96 Å². The summed E-state index contributed by atoms with van der Waals surface area (Å²) in [6.45, 7) is 7.08. The van der Waals surface area contributed by atoms with Gasteiger partial charge in [0, 0.05) is 25.2 Å². The van der Waals surface area contributed by atoms with Crippen molar-refractivity contribution in [3.05, 3.63) is 23.2 Å². The molecule has 4 nitrogen and oxygen atoms in total. The molecule has 2 N–H and O–H groups in total. The van der Waals surface area contributed by atoms with E-state index < -0.39 is 0 Å². The molecule has 1 aromatic rings. The lowest BCUT2D eigenvalue weighted by molar-refractivity contribution is 0.329. The van der Waals surface area contributed by atoms with Crippen molar-refractivity contribution in [1.82, 2.24) is 10.6 Å². The maximum atomic E-state index is 5.54. The highest BCUT2D eigenvalue weighted by atomic mass is 16.3. The van der Waals surface area contributed by atoms with E-state index in [1.54, 1.807) is 0 Å². The third-order valence-corrected chi connectivity index (χ3v) is 4.17. The van der Waals surface area contributed by atoms with Gasteiger partial charge in [-0.3, -0.25) is 4.99 Å². The lowest BCUT2D eigenvalue weighted by atomic mass is 9.87. The van der Waals surface area contributed by atoms with E-state index in [1.165, 1.54) is 31.2 Å². The number of nitrogens with zero attached hydrogens (tertiary/aromatic N) is 1. The maximum Gasteiger partial charge on any atom is 0.191 e. The van der Waals surface area contributed by atoms with Gasteiger partial charge in [-0.25, -0.2) is 0 Å². The zero-order valence-electron chi connectivity index (χ0n) is 13.1. The zero-order valence-corrected chi connectivity index (χ0v) is 13.1. The third kappa shape index (κ3) is 4.02. The first-order chi connectivity index (χ1) is 9.58. The van der Waals surface area contributed by atoms with Crippen molar-refractivity contribution in [2.75, 3.05) is 7.05 Å². The molecule has 0 aromatic carbocycles. The van der Waals surface area contributed by atoms with Crippen molar-refractivity contribution in [1.29, 1.82) is 0 Å². The monoisotopic (exact) mass is 277 g/mol. The molecule has 1 aliphatic carbocycles. The summed E-state index contributed by atoms with van der Waals surface area (Å²) >= 11 is 0. The van der Waals surface area contributed by atoms with Gasteiger partial charge in [-0.1, -0.05) is 6.92 Å². The van der Waals surface area contributed by atoms with Crippen LogP contribution in [0.4, 0.5) is 0 Å². The number of hydrogen-bond donors (Lipinski definition) is 2. The average molecular weight is 277 g/mol. The number of hydrogen-bond acceptors (Lipinski definition) is 2. The van der Waals surface area contributed by atoms with Crippen LogP contribution in [0.2, 0.25) is 0 Å².